The SMILES string of the molecule is O=C(O)C1Cc2ccccc2N(C(=O)/C=C/C2CCCC2)C1. The van der Waals surface area contributed by atoms with Gasteiger partial charge in [0, 0.05) is 12.2 Å². The summed E-state index contributed by atoms with van der Waals surface area (Å²) in [7, 11) is 0. The highest BCUT2D eigenvalue weighted by Crippen LogP contribution is 2.30. The molecule has 1 heterocycles. The zero-order valence-electron chi connectivity index (χ0n) is 12.6. The number of benzene rings is 1. The Kier molecular flexibility index (Phi) is 4.27. The van der Waals surface area contributed by atoms with E-state index in [1.165, 1.54) is 12.8 Å². The molecule has 22 heavy (non-hydrogen) atoms. The monoisotopic (exact) mass is 299 g/mol. The largest absolute Gasteiger partial charge is 0.481 e. The number of allylic oxidation sites excluding steroid dienone is 1. The van der Waals surface area contributed by atoms with Gasteiger partial charge < -0.3 is 10.0 Å². The lowest BCUT2D eigenvalue weighted by atomic mass is 9.92. The van der Waals surface area contributed by atoms with Gasteiger partial charge in [-0.15, -0.1) is 0 Å². The predicted molar refractivity (Wildman–Crippen MR) is 84.7 cm³/mol. The first-order valence-electron chi connectivity index (χ1n) is 7.95. The van der Waals surface area contributed by atoms with Crippen LogP contribution < -0.4 is 4.90 Å². The Bertz CT molecular complexity index is 602. The molecule has 1 aromatic carbocycles. The summed E-state index contributed by atoms with van der Waals surface area (Å²) in [5.41, 5.74) is 1.78. The standard InChI is InChI=1S/C18H21NO3/c20-17(10-9-13-5-1-2-6-13)19-12-15(18(21)22)11-14-7-3-4-8-16(14)19/h3-4,7-10,13,15H,1-2,5-6,11-12H2,(H,21,22)/b10-9+. The number of hydrogen-bond donors (Lipinski definition) is 1. The summed E-state index contributed by atoms with van der Waals surface area (Å²) >= 11 is 0. The Hall–Kier alpha value is -2.10. The maximum absolute atomic E-state index is 12.5. The van der Waals surface area contributed by atoms with E-state index in [1.807, 2.05) is 30.3 Å². The van der Waals surface area contributed by atoms with Crippen LogP contribution in [-0.4, -0.2) is 23.5 Å². The maximum atomic E-state index is 12.5. The first-order valence-corrected chi connectivity index (χ1v) is 7.95. The second-order valence-corrected chi connectivity index (χ2v) is 6.22. The van der Waals surface area contributed by atoms with Crippen molar-refractivity contribution in [3.8, 4) is 0 Å². The van der Waals surface area contributed by atoms with Crippen molar-refractivity contribution in [2.75, 3.05) is 11.4 Å². The van der Waals surface area contributed by atoms with Crippen molar-refractivity contribution in [3.63, 3.8) is 0 Å². The molecule has 1 aliphatic heterocycles. The van der Waals surface area contributed by atoms with Gasteiger partial charge in [-0.05, 0) is 42.9 Å². The number of amides is 1. The van der Waals surface area contributed by atoms with Crippen molar-refractivity contribution in [3.05, 3.63) is 42.0 Å². The molecule has 1 saturated carbocycles. The van der Waals surface area contributed by atoms with Gasteiger partial charge in [0.05, 0.1) is 5.92 Å². The molecular weight excluding hydrogens is 278 g/mol. The van der Waals surface area contributed by atoms with Crippen LogP contribution in [0.3, 0.4) is 0 Å². The smallest absolute Gasteiger partial charge is 0.308 e. The Morgan fingerprint density at radius 2 is 1.91 bits per heavy atom. The fourth-order valence-electron chi connectivity index (χ4n) is 3.43. The fraction of sp³-hybridized carbons (Fsp3) is 0.444. The summed E-state index contributed by atoms with van der Waals surface area (Å²) in [5.74, 6) is -0.977. The lowest BCUT2D eigenvalue weighted by Gasteiger charge is -2.32. The molecule has 0 saturated heterocycles. The highest BCUT2D eigenvalue weighted by molar-refractivity contribution is 6.02. The van der Waals surface area contributed by atoms with Gasteiger partial charge in [0.15, 0.2) is 0 Å². The Labute approximate surface area is 130 Å². The molecule has 0 radical (unpaired) electrons. The van der Waals surface area contributed by atoms with E-state index in [1.54, 1.807) is 11.0 Å². The summed E-state index contributed by atoms with van der Waals surface area (Å²) in [6.45, 7) is 0.250. The van der Waals surface area contributed by atoms with Gasteiger partial charge in [-0.3, -0.25) is 9.59 Å². The van der Waals surface area contributed by atoms with E-state index in [-0.39, 0.29) is 12.5 Å². The van der Waals surface area contributed by atoms with Gasteiger partial charge in [0.1, 0.15) is 0 Å². The van der Waals surface area contributed by atoms with Crippen molar-refractivity contribution in [1.82, 2.24) is 0 Å². The summed E-state index contributed by atoms with van der Waals surface area (Å²) in [6.07, 6.45) is 8.89. The normalized spacial score (nSPS) is 22.0. The Morgan fingerprint density at radius 1 is 1.18 bits per heavy atom. The summed E-state index contributed by atoms with van der Waals surface area (Å²) in [4.78, 5) is 25.5. The van der Waals surface area contributed by atoms with Crippen molar-refractivity contribution < 1.29 is 14.7 Å². The second kappa shape index (κ2) is 6.34. The van der Waals surface area contributed by atoms with Crippen LogP contribution in [0.15, 0.2) is 36.4 Å². The van der Waals surface area contributed by atoms with E-state index in [9.17, 15) is 14.7 Å². The van der Waals surface area contributed by atoms with Gasteiger partial charge in [-0.25, -0.2) is 0 Å². The van der Waals surface area contributed by atoms with Gasteiger partial charge >= 0.3 is 5.97 Å². The molecule has 1 unspecified atom stereocenters. The molecule has 116 valence electrons. The van der Waals surface area contributed by atoms with Crippen LogP contribution in [-0.2, 0) is 16.0 Å². The molecule has 0 bridgehead atoms. The number of carbonyl (C=O) groups is 2. The fourth-order valence-corrected chi connectivity index (χ4v) is 3.43. The third-order valence-corrected chi connectivity index (χ3v) is 4.68. The third-order valence-electron chi connectivity index (χ3n) is 4.68. The lowest BCUT2D eigenvalue weighted by molar-refractivity contribution is -0.141. The number of carboxylic acids is 1. The predicted octanol–water partition coefficient (Wildman–Crippen LogP) is 3.02. The van der Waals surface area contributed by atoms with Crippen LogP contribution in [0.1, 0.15) is 31.2 Å². The maximum Gasteiger partial charge on any atom is 0.308 e. The van der Waals surface area contributed by atoms with E-state index in [0.717, 1.165) is 24.1 Å². The van der Waals surface area contributed by atoms with Gasteiger partial charge in [-0.1, -0.05) is 37.1 Å². The van der Waals surface area contributed by atoms with Gasteiger partial charge in [0.2, 0.25) is 0 Å². The van der Waals surface area contributed by atoms with Gasteiger partial charge in [-0.2, -0.15) is 0 Å². The molecule has 1 aliphatic carbocycles. The molecule has 1 fully saturated rings. The van der Waals surface area contributed by atoms with Crippen LogP contribution >= 0.6 is 0 Å². The van der Waals surface area contributed by atoms with E-state index in [4.69, 9.17) is 0 Å². The second-order valence-electron chi connectivity index (χ2n) is 6.22. The molecule has 1 aromatic rings. The first-order chi connectivity index (χ1) is 10.6. The number of para-hydroxylation sites is 1. The van der Waals surface area contributed by atoms with E-state index >= 15 is 0 Å². The highest BCUT2D eigenvalue weighted by atomic mass is 16.4. The quantitative estimate of drug-likeness (QED) is 0.873. The number of carbonyl (C=O) groups excluding carboxylic acids is 1. The zero-order chi connectivity index (χ0) is 15.5. The minimum atomic E-state index is -0.841. The summed E-state index contributed by atoms with van der Waals surface area (Å²) in [5, 5.41) is 9.31. The molecule has 3 rings (SSSR count). The number of rotatable bonds is 3. The topological polar surface area (TPSA) is 57.6 Å². The number of nitrogens with zero attached hydrogens (tertiary/aromatic N) is 1. The van der Waals surface area contributed by atoms with Crippen molar-refractivity contribution in [1.29, 1.82) is 0 Å². The summed E-state index contributed by atoms with van der Waals surface area (Å²) in [6, 6.07) is 7.58. The molecule has 0 spiro atoms. The molecule has 1 atom stereocenters. The average molecular weight is 299 g/mol. The van der Waals surface area contributed by atoms with Crippen LogP contribution in [0, 0.1) is 11.8 Å². The highest BCUT2D eigenvalue weighted by Gasteiger charge is 2.31. The summed E-state index contributed by atoms with van der Waals surface area (Å²) < 4.78 is 0. The van der Waals surface area contributed by atoms with E-state index < -0.39 is 11.9 Å². The van der Waals surface area contributed by atoms with Crippen molar-refractivity contribution in [2.24, 2.45) is 11.8 Å². The number of fused-ring (bicyclic) bond motifs is 1. The molecule has 4 heteroatoms. The van der Waals surface area contributed by atoms with E-state index in [0.29, 0.717) is 12.3 Å². The molecule has 0 aromatic heterocycles. The van der Waals surface area contributed by atoms with Crippen molar-refractivity contribution in [2.45, 2.75) is 32.1 Å². The molecular formula is C18H21NO3. The van der Waals surface area contributed by atoms with Crippen LogP contribution in [0.5, 0.6) is 0 Å². The van der Waals surface area contributed by atoms with Crippen LogP contribution in [0.25, 0.3) is 0 Å². The van der Waals surface area contributed by atoms with E-state index in [2.05, 4.69) is 0 Å². The molecule has 1 N–H and O–H groups in total. The Morgan fingerprint density at radius 3 is 2.64 bits per heavy atom. The average Bonchev–Trinajstić information content (AvgIpc) is 3.04. The Balaban J connectivity index is 1.81. The number of carboxylic acid groups (broad SMARTS) is 1. The minimum Gasteiger partial charge on any atom is -0.481 e. The van der Waals surface area contributed by atoms with Crippen molar-refractivity contribution >= 4 is 17.6 Å². The first kappa shape index (κ1) is 14.8. The van der Waals surface area contributed by atoms with Crippen LogP contribution in [0.2, 0.25) is 0 Å². The third kappa shape index (κ3) is 3.06. The number of anilines is 1. The van der Waals surface area contributed by atoms with Crippen LogP contribution in [0.4, 0.5) is 5.69 Å². The molecule has 4 nitrogen and oxygen atoms in total. The minimum absolute atomic E-state index is 0.106. The lowest BCUT2D eigenvalue weighted by Crippen LogP contribution is -2.41. The molecule has 2 aliphatic rings. The number of aliphatic carboxylic acids is 1. The number of hydrogen-bond acceptors (Lipinski definition) is 2. The zero-order valence-corrected chi connectivity index (χ0v) is 12.6. The molecule has 1 amide bonds. The van der Waals surface area contributed by atoms with Gasteiger partial charge in [0.25, 0.3) is 5.91 Å².